The standard InChI is InChI=1S/C18H23N5/c1-10-8-15-16(9-11(10)2)23-17(22-15)6-7-19-18-12(3)13(4)20-14(5)21-18/h8-9H,6-7H2,1-5H3,(H,22,23)(H,19,20,21). The molecule has 0 radical (unpaired) electrons. The molecule has 0 bridgehead atoms. The van der Waals surface area contributed by atoms with Crippen molar-refractivity contribution >= 4 is 16.9 Å². The van der Waals surface area contributed by atoms with Gasteiger partial charge in [-0.2, -0.15) is 0 Å². The highest BCUT2D eigenvalue weighted by atomic mass is 15.0. The van der Waals surface area contributed by atoms with Crippen LogP contribution in [0.5, 0.6) is 0 Å². The fraction of sp³-hybridized carbons (Fsp3) is 0.389. The molecule has 0 fully saturated rings. The van der Waals surface area contributed by atoms with Gasteiger partial charge in [0.25, 0.3) is 0 Å². The number of benzene rings is 1. The van der Waals surface area contributed by atoms with Crippen molar-refractivity contribution in [3.05, 3.63) is 46.2 Å². The molecule has 0 aliphatic rings. The molecule has 0 amide bonds. The minimum absolute atomic E-state index is 0.786. The number of rotatable bonds is 4. The van der Waals surface area contributed by atoms with Crippen molar-refractivity contribution in [1.82, 2.24) is 19.9 Å². The van der Waals surface area contributed by atoms with Gasteiger partial charge >= 0.3 is 0 Å². The van der Waals surface area contributed by atoms with Gasteiger partial charge in [0.2, 0.25) is 0 Å². The number of imidazole rings is 1. The number of anilines is 1. The average Bonchev–Trinajstić information content (AvgIpc) is 2.86. The van der Waals surface area contributed by atoms with Crippen LogP contribution in [0.3, 0.4) is 0 Å². The molecule has 0 aliphatic heterocycles. The number of nitrogens with zero attached hydrogens (tertiary/aromatic N) is 3. The third kappa shape index (κ3) is 3.18. The van der Waals surface area contributed by atoms with E-state index in [-0.39, 0.29) is 0 Å². The van der Waals surface area contributed by atoms with Gasteiger partial charge in [-0.1, -0.05) is 0 Å². The zero-order valence-electron chi connectivity index (χ0n) is 14.4. The maximum Gasteiger partial charge on any atom is 0.132 e. The highest BCUT2D eigenvalue weighted by Crippen LogP contribution is 2.18. The number of H-pyrrole nitrogens is 1. The monoisotopic (exact) mass is 309 g/mol. The van der Waals surface area contributed by atoms with E-state index in [1.807, 2.05) is 20.8 Å². The molecule has 0 atom stereocenters. The van der Waals surface area contributed by atoms with E-state index in [0.29, 0.717) is 0 Å². The lowest BCUT2D eigenvalue weighted by Gasteiger charge is -2.10. The molecule has 0 unspecified atom stereocenters. The number of aromatic nitrogens is 4. The van der Waals surface area contributed by atoms with Gasteiger partial charge < -0.3 is 10.3 Å². The van der Waals surface area contributed by atoms with Crippen molar-refractivity contribution in [3.8, 4) is 0 Å². The Bertz CT molecular complexity index is 824. The van der Waals surface area contributed by atoms with Crippen LogP contribution in [-0.4, -0.2) is 26.5 Å². The minimum atomic E-state index is 0.786. The van der Waals surface area contributed by atoms with E-state index < -0.39 is 0 Å². The summed E-state index contributed by atoms with van der Waals surface area (Å²) in [7, 11) is 0. The lowest BCUT2D eigenvalue weighted by Crippen LogP contribution is -2.10. The number of aromatic amines is 1. The predicted octanol–water partition coefficient (Wildman–Crippen LogP) is 3.55. The van der Waals surface area contributed by atoms with Crippen LogP contribution >= 0.6 is 0 Å². The molecule has 0 saturated heterocycles. The quantitative estimate of drug-likeness (QED) is 0.773. The van der Waals surface area contributed by atoms with Crippen molar-refractivity contribution in [2.45, 2.75) is 41.0 Å². The second-order valence-electron chi connectivity index (χ2n) is 6.14. The van der Waals surface area contributed by atoms with E-state index in [1.54, 1.807) is 0 Å². The first-order valence-corrected chi connectivity index (χ1v) is 7.95. The Hall–Kier alpha value is -2.43. The summed E-state index contributed by atoms with van der Waals surface area (Å²) >= 11 is 0. The number of fused-ring (bicyclic) bond motifs is 1. The van der Waals surface area contributed by atoms with Crippen LogP contribution in [0.25, 0.3) is 11.0 Å². The van der Waals surface area contributed by atoms with Crippen LogP contribution in [0.1, 0.15) is 34.0 Å². The molecule has 120 valence electrons. The van der Waals surface area contributed by atoms with Gasteiger partial charge in [-0.05, 0) is 57.9 Å². The van der Waals surface area contributed by atoms with Crippen molar-refractivity contribution < 1.29 is 0 Å². The fourth-order valence-electron chi connectivity index (χ4n) is 2.68. The highest BCUT2D eigenvalue weighted by molar-refractivity contribution is 5.77. The lowest BCUT2D eigenvalue weighted by atomic mass is 10.1. The van der Waals surface area contributed by atoms with Gasteiger partial charge in [0.05, 0.1) is 11.0 Å². The zero-order chi connectivity index (χ0) is 16.6. The van der Waals surface area contributed by atoms with E-state index in [4.69, 9.17) is 0 Å². The largest absolute Gasteiger partial charge is 0.369 e. The summed E-state index contributed by atoms with van der Waals surface area (Å²) in [5, 5.41) is 3.40. The number of hydrogen-bond acceptors (Lipinski definition) is 4. The second-order valence-corrected chi connectivity index (χ2v) is 6.14. The van der Waals surface area contributed by atoms with E-state index in [2.05, 4.69) is 51.2 Å². The molecule has 3 aromatic rings. The van der Waals surface area contributed by atoms with Crippen LogP contribution in [-0.2, 0) is 6.42 Å². The van der Waals surface area contributed by atoms with Crippen LogP contribution in [0.4, 0.5) is 5.82 Å². The van der Waals surface area contributed by atoms with Gasteiger partial charge in [-0.3, -0.25) is 0 Å². The molecule has 2 N–H and O–H groups in total. The summed E-state index contributed by atoms with van der Waals surface area (Å²) in [5.41, 5.74) is 6.83. The third-order valence-corrected chi connectivity index (χ3v) is 4.30. The molecule has 2 aromatic heterocycles. The Morgan fingerprint density at radius 3 is 2.48 bits per heavy atom. The smallest absolute Gasteiger partial charge is 0.132 e. The summed E-state index contributed by atoms with van der Waals surface area (Å²) in [6.07, 6.45) is 0.828. The Labute approximate surface area is 136 Å². The molecule has 0 spiro atoms. The maximum atomic E-state index is 4.68. The van der Waals surface area contributed by atoms with E-state index in [1.165, 1.54) is 11.1 Å². The van der Waals surface area contributed by atoms with E-state index in [0.717, 1.165) is 52.7 Å². The maximum absolute atomic E-state index is 4.68. The molecule has 3 rings (SSSR count). The Morgan fingerprint density at radius 2 is 1.70 bits per heavy atom. The van der Waals surface area contributed by atoms with E-state index in [9.17, 15) is 0 Å². The highest BCUT2D eigenvalue weighted by Gasteiger charge is 2.07. The number of nitrogens with one attached hydrogen (secondary N) is 2. The predicted molar refractivity (Wildman–Crippen MR) is 94.0 cm³/mol. The lowest BCUT2D eigenvalue weighted by molar-refractivity contribution is 0.911. The molecular formula is C18H23N5. The molecule has 0 saturated carbocycles. The number of hydrogen-bond donors (Lipinski definition) is 2. The fourth-order valence-corrected chi connectivity index (χ4v) is 2.68. The summed E-state index contributed by atoms with van der Waals surface area (Å²) in [6, 6.07) is 4.30. The second kappa shape index (κ2) is 5.99. The first-order chi connectivity index (χ1) is 10.9. The van der Waals surface area contributed by atoms with Crippen LogP contribution in [0.2, 0.25) is 0 Å². The average molecular weight is 309 g/mol. The molecular weight excluding hydrogens is 286 g/mol. The molecule has 23 heavy (non-hydrogen) atoms. The molecule has 2 heterocycles. The summed E-state index contributed by atoms with van der Waals surface area (Å²) in [5.74, 6) is 2.71. The van der Waals surface area contributed by atoms with Crippen molar-refractivity contribution in [3.63, 3.8) is 0 Å². The molecule has 5 heteroatoms. The van der Waals surface area contributed by atoms with Gasteiger partial charge in [0.15, 0.2) is 0 Å². The Morgan fingerprint density at radius 1 is 0.957 bits per heavy atom. The normalized spacial score (nSPS) is 11.2. The summed E-state index contributed by atoms with van der Waals surface area (Å²) < 4.78 is 0. The minimum Gasteiger partial charge on any atom is -0.369 e. The van der Waals surface area contributed by atoms with Gasteiger partial charge in [-0.15, -0.1) is 0 Å². The molecule has 0 aliphatic carbocycles. The van der Waals surface area contributed by atoms with Gasteiger partial charge in [-0.25, -0.2) is 15.0 Å². The van der Waals surface area contributed by atoms with Crippen LogP contribution in [0, 0.1) is 34.6 Å². The molecule has 1 aromatic carbocycles. The van der Waals surface area contributed by atoms with E-state index >= 15 is 0 Å². The van der Waals surface area contributed by atoms with Crippen molar-refractivity contribution in [1.29, 1.82) is 0 Å². The first kappa shape index (κ1) is 15.5. The summed E-state index contributed by atoms with van der Waals surface area (Å²) in [4.78, 5) is 16.9. The number of aryl methyl sites for hydroxylation is 4. The van der Waals surface area contributed by atoms with Gasteiger partial charge in [0.1, 0.15) is 17.5 Å². The van der Waals surface area contributed by atoms with Crippen molar-refractivity contribution in [2.24, 2.45) is 0 Å². The third-order valence-electron chi connectivity index (χ3n) is 4.30. The van der Waals surface area contributed by atoms with Crippen LogP contribution in [0.15, 0.2) is 12.1 Å². The first-order valence-electron chi connectivity index (χ1n) is 7.95. The van der Waals surface area contributed by atoms with Crippen LogP contribution < -0.4 is 5.32 Å². The Balaban J connectivity index is 1.72. The van der Waals surface area contributed by atoms with Crippen molar-refractivity contribution in [2.75, 3.05) is 11.9 Å². The van der Waals surface area contributed by atoms with Gasteiger partial charge in [0, 0.05) is 24.2 Å². The zero-order valence-corrected chi connectivity index (χ0v) is 14.4. The topological polar surface area (TPSA) is 66.5 Å². The Kier molecular flexibility index (Phi) is 4.03. The summed E-state index contributed by atoms with van der Waals surface area (Å²) in [6.45, 7) is 11.0. The molecule has 5 nitrogen and oxygen atoms in total. The SMILES string of the molecule is Cc1nc(C)c(C)c(NCCc2nc3cc(C)c(C)cc3[nH]2)n1.